The SMILES string of the molecule is CCOc1ccc(C2=NN(C3CCN(C(=O)N4CCOCC4)CC3)C(=O)C3CC=CCC23)cc1OCC. The quantitative estimate of drug-likeness (QED) is 0.547. The number of hydrogen-bond donors (Lipinski definition) is 0. The van der Waals surface area contributed by atoms with Crippen LogP contribution >= 0.6 is 0 Å². The van der Waals surface area contributed by atoms with Gasteiger partial charge < -0.3 is 24.0 Å². The molecule has 1 aliphatic carbocycles. The fourth-order valence-corrected chi connectivity index (χ4v) is 5.80. The first kappa shape index (κ1) is 25.6. The average Bonchev–Trinajstić information content (AvgIpc) is 2.95. The normalized spacial score (nSPS) is 24.5. The summed E-state index contributed by atoms with van der Waals surface area (Å²) < 4.78 is 17.0. The number of rotatable bonds is 6. The largest absolute Gasteiger partial charge is 0.490 e. The molecule has 0 saturated carbocycles. The summed E-state index contributed by atoms with van der Waals surface area (Å²) in [6.45, 7) is 8.73. The lowest BCUT2D eigenvalue weighted by Gasteiger charge is -2.43. The molecule has 0 radical (unpaired) electrons. The highest BCUT2D eigenvalue weighted by atomic mass is 16.5. The maximum absolute atomic E-state index is 13.6. The summed E-state index contributed by atoms with van der Waals surface area (Å²) in [6.07, 6.45) is 7.25. The third-order valence-electron chi connectivity index (χ3n) is 7.74. The molecule has 200 valence electrons. The van der Waals surface area contributed by atoms with Gasteiger partial charge in [0.15, 0.2) is 11.5 Å². The van der Waals surface area contributed by atoms with Crippen LogP contribution in [0.2, 0.25) is 0 Å². The highest BCUT2D eigenvalue weighted by molar-refractivity contribution is 6.07. The molecule has 3 amide bonds. The molecule has 5 rings (SSSR count). The Morgan fingerprint density at radius 2 is 1.59 bits per heavy atom. The molecule has 2 unspecified atom stereocenters. The number of nitrogens with zero attached hydrogens (tertiary/aromatic N) is 4. The number of urea groups is 1. The zero-order chi connectivity index (χ0) is 25.8. The lowest BCUT2D eigenvalue weighted by atomic mass is 9.76. The summed E-state index contributed by atoms with van der Waals surface area (Å²) in [4.78, 5) is 30.4. The Labute approximate surface area is 219 Å². The monoisotopic (exact) mass is 510 g/mol. The summed E-state index contributed by atoms with van der Waals surface area (Å²) in [5.41, 5.74) is 1.90. The van der Waals surface area contributed by atoms with Crippen molar-refractivity contribution in [1.82, 2.24) is 14.8 Å². The van der Waals surface area contributed by atoms with Gasteiger partial charge in [0.05, 0.1) is 44.1 Å². The predicted molar refractivity (Wildman–Crippen MR) is 140 cm³/mol. The average molecular weight is 511 g/mol. The number of likely N-dealkylation sites (tertiary alicyclic amines) is 1. The summed E-state index contributed by atoms with van der Waals surface area (Å²) in [6, 6.07) is 6.03. The molecule has 9 nitrogen and oxygen atoms in total. The fraction of sp³-hybridized carbons (Fsp3) is 0.607. The van der Waals surface area contributed by atoms with Gasteiger partial charge in [0, 0.05) is 37.7 Å². The van der Waals surface area contributed by atoms with Gasteiger partial charge in [-0.15, -0.1) is 0 Å². The van der Waals surface area contributed by atoms with Crippen LogP contribution in [0.3, 0.4) is 0 Å². The standard InChI is InChI=1S/C28H38N4O5/c1-3-36-24-10-9-20(19-25(24)37-4-2)26-22-7-5-6-8-23(22)27(33)32(29-26)21-11-13-30(14-12-21)28(34)31-15-17-35-18-16-31/h5-6,9-10,19,21-23H,3-4,7-8,11-18H2,1-2H3. The number of carbonyl (C=O) groups excluding carboxylic acids is 2. The lowest BCUT2D eigenvalue weighted by Crippen LogP contribution is -2.55. The number of allylic oxidation sites excluding steroid dienone is 2. The molecule has 4 aliphatic rings. The van der Waals surface area contributed by atoms with Crippen LogP contribution in [0.1, 0.15) is 45.1 Å². The minimum atomic E-state index is -0.118. The molecule has 3 aliphatic heterocycles. The molecule has 1 aromatic rings. The summed E-state index contributed by atoms with van der Waals surface area (Å²) in [5, 5.41) is 6.76. The molecule has 9 heteroatoms. The van der Waals surface area contributed by atoms with Crippen molar-refractivity contribution in [2.24, 2.45) is 16.9 Å². The van der Waals surface area contributed by atoms with Crippen molar-refractivity contribution in [1.29, 1.82) is 0 Å². The zero-order valence-electron chi connectivity index (χ0n) is 21.9. The maximum Gasteiger partial charge on any atom is 0.320 e. The van der Waals surface area contributed by atoms with Crippen molar-refractivity contribution in [3.8, 4) is 11.5 Å². The van der Waals surface area contributed by atoms with Gasteiger partial charge >= 0.3 is 6.03 Å². The van der Waals surface area contributed by atoms with E-state index < -0.39 is 0 Å². The van der Waals surface area contributed by atoms with Crippen molar-refractivity contribution in [3.05, 3.63) is 35.9 Å². The van der Waals surface area contributed by atoms with Gasteiger partial charge in [-0.1, -0.05) is 12.2 Å². The van der Waals surface area contributed by atoms with Crippen LogP contribution in [0, 0.1) is 11.8 Å². The van der Waals surface area contributed by atoms with Gasteiger partial charge in [0.25, 0.3) is 0 Å². The molecule has 0 bridgehead atoms. The van der Waals surface area contributed by atoms with Crippen LogP contribution in [0.4, 0.5) is 4.79 Å². The highest BCUT2D eigenvalue weighted by Crippen LogP contribution is 2.38. The first-order valence-corrected chi connectivity index (χ1v) is 13.7. The second kappa shape index (κ2) is 11.5. The Morgan fingerprint density at radius 1 is 0.946 bits per heavy atom. The summed E-state index contributed by atoms with van der Waals surface area (Å²) in [7, 11) is 0. The number of morpholine rings is 1. The summed E-state index contributed by atoms with van der Waals surface area (Å²) in [5.74, 6) is 1.45. The molecule has 0 aromatic heterocycles. The van der Waals surface area contributed by atoms with E-state index in [0.29, 0.717) is 58.4 Å². The Bertz CT molecular complexity index is 1040. The molecule has 0 N–H and O–H groups in total. The van der Waals surface area contributed by atoms with Crippen LogP contribution in [-0.4, -0.2) is 91.1 Å². The molecular formula is C28H38N4O5. The molecule has 1 aromatic carbocycles. The Morgan fingerprint density at radius 3 is 2.30 bits per heavy atom. The molecule has 3 heterocycles. The number of piperidine rings is 1. The van der Waals surface area contributed by atoms with Crippen LogP contribution < -0.4 is 9.47 Å². The molecule has 37 heavy (non-hydrogen) atoms. The third-order valence-corrected chi connectivity index (χ3v) is 7.74. The van der Waals surface area contributed by atoms with Gasteiger partial charge in [-0.05, 0) is 57.7 Å². The number of ether oxygens (including phenoxy) is 3. The van der Waals surface area contributed by atoms with Crippen molar-refractivity contribution in [2.45, 2.75) is 45.6 Å². The minimum absolute atomic E-state index is 0.0165. The van der Waals surface area contributed by atoms with Gasteiger partial charge in [0.1, 0.15) is 0 Å². The smallest absolute Gasteiger partial charge is 0.320 e. The van der Waals surface area contributed by atoms with E-state index in [1.165, 1.54) is 0 Å². The number of hydrazone groups is 1. The van der Waals surface area contributed by atoms with Gasteiger partial charge in [-0.25, -0.2) is 9.80 Å². The Kier molecular flexibility index (Phi) is 7.98. The molecule has 2 atom stereocenters. The van der Waals surface area contributed by atoms with Crippen molar-refractivity contribution in [2.75, 3.05) is 52.6 Å². The van der Waals surface area contributed by atoms with E-state index in [9.17, 15) is 9.59 Å². The van der Waals surface area contributed by atoms with E-state index in [-0.39, 0.29) is 29.8 Å². The van der Waals surface area contributed by atoms with Crippen LogP contribution in [0.15, 0.2) is 35.5 Å². The maximum atomic E-state index is 13.6. The second-order valence-corrected chi connectivity index (χ2v) is 9.95. The van der Waals surface area contributed by atoms with Crippen LogP contribution in [-0.2, 0) is 9.53 Å². The number of benzene rings is 1. The van der Waals surface area contributed by atoms with Gasteiger partial charge in [0.2, 0.25) is 5.91 Å². The Balaban J connectivity index is 1.37. The first-order valence-electron chi connectivity index (χ1n) is 13.7. The van der Waals surface area contributed by atoms with E-state index >= 15 is 0 Å². The number of amides is 3. The number of hydrogen-bond acceptors (Lipinski definition) is 6. The van der Waals surface area contributed by atoms with Crippen LogP contribution in [0.25, 0.3) is 0 Å². The molecule has 2 saturated heterocycles. The van der Waals surface area contributed by atoms with E-state index in [1.807, 2.05) is 41.8 Å². The van der Waals surface area contributed by atoms with Crippen molar-refractivity contribution < 1.29 is 23.8 Å². The van der Waals surface area contributed by atoms with Crippen molar-refractivity contribution >= 4 is 17.6 Å². The van der Waals surface area contributed by atoms with E-state index in [0.717, 1.165) is 42.7 Å². The van der Waals surface area contributed by atoms with Crippen LogP contribution in [0.5, 0.6) is 11.5 Å². The number of carbonyl (C=O) groups is 2. The third kappa shape index (κ3) is 5.32. The van der Waals surface area contributed by atoms with E-state index in [2.05, 4.69) is 12.2 Å². The Hall–Kier alpha value is -3.07. The van der Waals surface area contributed by atoms with Crippen molar-refractivity contribution in [3.63, 3.8) is 0 Å². The number of fused-ring (bicyclic) bond motifs is 1. The molecular weight excluding hydrogens is 472 g/mol. The molecule has 2 fully saturated rings. The minimum Gasteiger partial charge on any atom is -0.490 e. The zero-order valence-corrected chi connectivity index (χ0v) is 21.9. The highest BCUT2D eigenvalue weighted by Gasteiger charge is 2.43. The molecule has 0 spiro atoms. The van der Waals surface area contributed by atoms with Gasteiger partial charge in [-0.3, -0.25) is 4.79 Å². The lowest BCUT2D eigenvalue weighted by molar-refractivity contribution is -0.141. The fourth-order valence-electron chi connectivity index (χ4n) is 5.80. The first-order chi connectivity index (χ1) is 18.1. The van der Waals surface area contributed by atoms with E-state index in [1.54, 1.807) is 5.01 Å². The summed E-state index contributed by atoms with van der Waals surface area (Å²) >= 11 is 0. The topological polar surface area (TPSA) is 83.9 Å². The predicted octanol–water partition coefficient (Wildman–Crippen LogP) is 3.53. The second-order valence-electron chi connectivity index (χ2n) is 9.95. The van der Waals surface area contributed by atoms with Gasteiger partial charge in [-0.2, -0.15) is 5.10 Å². The van der Waals surface area contributed by atoms with E-state index in [4.69, 9.17) is 19.3 Å².